The van der Waals surface area contributed by atoms with Crippen molar-refractivity contribution in [2.24, 2.45) is 0 Å². The summed E-state index contributed by atoms with van der Waals surface area (Å²) >= 11 is 0. The maximum Gasteiger partial charge on any atom is 0.295 e. The topological polar surface area (TPSA) is 146 Å². The summed E-state index contributed by atoms with van der Waals surface area (Å²) in [6.45, 7) is 3.33. The van der Waals surface area contributed by atoms with Crippen LogP contribution in [0.3, 0.4) is 0 Å². The van der Waals surface area contributed by atoms with Crippen LogP contribution in [-0.4, -0.2) is 45.2 Å². The van der Waals surface area contributed by atoms with Gasteiger partial charge in [-0.2, -0.15) is 19.6 Å². The number of ketones is 4. The highest BCUT2D eigenvalue weighted by Crippen LogP contribution is 2.21. The van der Waals surface area contributed by atoms with E-state index in [0.717, 1.165) is 27.7 Å². The molecule has 2 atom stereocenters. The Morgan fingerprint density at radius 2 is 1.00 bits per heavy atom. The van der Waals surface area contributed by atoms with Gasteiger partial charge >= 0.3 is 0 Å². The molecule has 0 bridgehead atoms. The Bertz CT molecular complexity index is 390. The van der Waals surface area contributed by atoms with E-state index in [1.54, 1.807) is 0 Å². The van der Waals surface area contributed by atoms with Crippen molar-refractivity contribution in [2.75, 3.05) is 0 Å². The van der Waals surface area contributed by atoms with Crippen molar-refractivity contribution >= 4 is 23.1 Å². The second kappa shape index (κ2) is 6.74. The molecule has 20 heavy (non-hydrogen) atoms. The third-order valence-corrected chi connectivity index (χ3v) is 2.17. The van der Waals surface area contributed by atoms with Gasteiger partial charge in [0.05, 0.1) is 0 Å². The fraction of sp³-hybridized carbons (Fsp3) is 0.600. The quantitative estimate of drug-likeness (QED) is 0.250. The van der Waals surface area contributed by atoms with Crippen molar-refractivity contribution in [2.45, 2.75) is 39.3 Å². The van der Waals surface area contributed by atoms with Crippen LogP contribution in [0, 0.1) is 0 Å². The minimum Gasteiger partial charge on any atom is -0.291 e. The molecule has 0 aromatic rings. The highest BCUT2D eigenvalue weighted by Gasteiger charge is 2.47. The molecule has 0 aromatic heterocycles. The standard InChI is InChI=1S/C10H14O10/c1-5(11)7(13)9(3,17-15)19-20-10(4,18-16)8(14)6(2)12/h15-16H,1-4H3. The molecule has 0 heterocycles. The smallest absolute Gasteiger partial charge is 0.291 e. The van der Waals surface area contributed by atoms with E-state index in [2.05, 4.69) is 19.6 Å². The summed E-state index contributed by atoms with van der Waals surface area (Å²) in [7, 11) is 0. The minimum absolute atomic E-state index is 0.798. The van der Waals surface area contributed by atoms with Gasteiger partial charge in [-0.1, -0.05) is 0 Å². The molecular formula is C10H14O10. The van der Waals surface area contributed by atoms with Crippen LogP contribution in [0.1, 0.15) is 27.7 Å². The molecule has 2 unspecified atom stereocenters. The maximum atomic E-state index is 11.4. The molecule has 0 saturated heterocycles. The first kappa shape index (κ1) is 18.4. The van der Waals surface area contributed by atoms with E-state index in [1.807, 2.05) is 0 Å². The number of hydrogen-bond acceptors (Lipinski definition) is 10. The van der Waals surface area contributed by atoms with Gasteiger partial charge in [-0.15, -0.1) is 0 Å². The molecule has 0 aliphatic carbocycles. The number of Topliss-reactive ketones (excluding diaryl/α,β-unsaturated/α-hetero) is 4. The Morgan fingerprint density at radius 3 is 1.15 bits per heavy atom. The van der Waals surface area contributed by atoms with E-state index in [4.69, 9.17) is 10.5 Å². The van der Waals surface area contributed by atoms with E-state index in [1.165, 1.54) is 0 Å². The van der Waals surface area contributed by atoms with Crippen molar-refractivity contribution in [3.05, 3.63) is 0 Å². The molecule has 0 amide bonds. The summed E-state index contributed by atoms with van der Waals surface area (Å²) in [4.78, 5) is 60.7. The van der Waals surface area contributed by atoms with E-state index < -0.39 is 34.7 Å². The molecule has 0 aliphatic heterocycles. The second-order valence-electron chi connectivity index (χ2n) is 4.01. The van der Waals surface area contributed by atoms with Gasteiger partial charge in [0, 0.05) is 27.7 Å². The third kappa shape index (κ3) is 3.96. The molecule has 0 fully saturated rings. The SMILES string of the molecule is CC(=O)C(=O)C(C)(OO)OOC(C)(OO)C(=O)C(C)=O. The van der Waals surface area contributed by atoms with Crippen LogP contribution in [0.15, 0.2) is 0 Å². The molecule has 0 aliphatic rings. The number of carbonyl (C=O) groups is 4. The molecule has 0 rings (SSSR count). The summed E-state index contributed by atoms with van der Waals surface area (Å²) in [6.07, 6.45) is 0. The zero-order chi connectivity index (χ0) is 16.1. The lowest BCUT2D eigenvalue weighted by Crippen LogP contribution is -2.50. The van der Waals surface area contributed by atoms with Crippen LogP contribution in [0.4, 0.5) is 0 Å². The summed E-state index contributed by atoms with van der Waals surface area (Å²) in [5, 5.41) is 17.2. The van der Waals surface area contributed by atoms with E-state index >= 15 is 0 Å². The number of carbonyl (C=O) groups excluding carboxylic acids is 4. The van der Waals surface area contributed by atoms with Crippen LogP contribution in [0.5, 0.6) is 0 Å². The maximum absolute atomic E-state index is 11.4. The Balaban J connectivity index is 5.12. The monoisotopic (exact) mass is 294 g/mol. The zero-order valence-electron chi connectivity index (χ0n) is 11.2. The van der Waals surface area contributed by atoms with Crippen LogP contribution in [0.25, 0.3) is 0 Å². The van der Waals surface area contributed by atoms with Crippen LogP contribution in [-0.2, 0) is 38.7 Å². The lowest BCUT2D eigenvalue weighted by atomic mass is 10.1. The second-order valence-corrected chi connectivity index (χ2v) is 4.01. The summed E-state index contributed by atoms with van der Waals surface area (Å²) in [6, 6.07) is 0. The molecule has 0 saturated carbocycles. The van der Waals surface area contributed by atoms with Gasteiger partial charge in [-0.3, -0.25) is 19.2 Å². The largest absolute Gasteiger partial charge is 0.295 e. The molecule has 0 spiro atoms. The molecule has 10 nitrogen and oxygen atoms in total. The summed E-state index contributed by atoms with van der Waals surface area (Å²) in [5.74, 6) is -10.0. The van der Waals surface area contributed by atoms with Crippen molar-refractivity contribution in [3.8, 4) is 0 Å². The van der Waals surface area contributed by atoms with Gasteiger partial charge in [-0.25, -0.2) is 10.5 Å². The van der Waals surface area contributed by atoms with Gasteiger partial charge in [-0.05, 0) is 0 Å². The van der Waals surface area contributed by atoms with Gasteiger partial charge in [0.1, 0.15) is 0 Å². The van der Waals surface area contributed by atoms with Crippen molar-refractivity contribution < 1.29 is 49.2 Å². The summed E-state index contributed by atoms with van der Waals surface area (Å²) in [5.41, 5.74) is 0. The molecule has 114 valence electrons. The predicted octanol–water partition coefficient (Wildman–Crippen LogP) is -0.338. The van der Waals surface area contributed by atoms with Gasteiger partial charge in [0.25, 0.3) is 23.1 Å². The van der Waals surface area contributed by atoms with Gasteiger partial charge in [0.15, 0.2) is 0 Å². The fourth-order valence-electron chi connectivity index (χ4n) is 0.988. The Labute approximate surface area is 113 Å². The first-order chi connectivity index (χ1) is 9.04. The zero-order valence-corrected chi connectivity index (χ0v) is 11.2. The van der Waals surface area contributed by atoms with Crippen LogP contribution >= 0.6 is 0 Å². The molecule has 10 heteroatoms. The Hall–Kier alpha value is -1.56. The predicted molar refractivity (Wildman–Crippen MR) is 57.8 cm³/mol. The molecular weight excluding hydrogens is 280 g/mol. The van der Waals surface area contributed by atoms with E-state index in [9.17, 15) is 19.2 Å². The number of rotatable bonds is 9. The van der Waals surface area contributed by atoms with Gasteiger partial charge in [0.2, 0.25) is 11.6 Å². The first-order valence-electron chi connectivity index (χ1n) is 5.16. The van der Waals surface area contributed by atoms with Crippen molar-refractivity contribution in [1.29, 1.82) is 0 Å². The first-order valence-corrected chi connectivity index (χ1v) is 5.16. The highest BCUT2D eigenvalue weighted by atomic mass is 17.3. The average Bonchev–Trinajstić information content (AvgIpc) is 2.42. The Kier molecular flexibility index (Phi) is 6.22. The summed E-state index contributed by atoms with van der Waals surface area (Å²) < 4.78 is 0. The molecule has 0 radical (unpaired) electrons. The average molecular weight is 294 g/mol. The van der Waals surface area contributed by atoms with E-state index in [-0.39, 0.29) is 0 Å². The van der Waals surface area contributed by atoms with E-state index in [0.29, 0.717) is 0 Å². The highest BCUT2D eigenvalue weighted by molar-refractivity contribution is 6.39. The van der Waals surface area contributed by atoms with Crippen LogP contribution in [0.2, 0.25) is 0 Å². The fourth-order valence-corrected chi connectivity index (χ4v) is 0.988. The normalized spacial score (nSPS) is 16.9. The lowest BCUT2D eigenvalue weighted by Gasteiger charge is -2.27. The molecule has 2 N–H and O–H groups in total. The third-order valence-electron chi connectivity index (χ3n) is 2.17. The number of hydrogen-bond donors (Lipinski definition) is 2. The molecule has 0 aromatic carbocycles. The van der Waals surface area contributed by atoms with Crippen LogP contribution < -0.4 is 0 Å². The van der Waals surface area contributed by atoms with Crippen molar-refractivity contribution in [1.82, 2.24) is 0 Å². The minimum atomic E-state index is -2.61. The van der Waals surface area contributed by atoms with Gasteiger partial charge < -0.3 is 0 Å². The lowest BCUT2D eigenvalue weighted by molar-refractivity contribution is -0.540. The Morgan fingerprint density at radius 1 is 0.750 bits per heavy atom. The van der Waals surface area contributed by atoms with Crippen molar-refractivity contribution in [3.63, 3.8) is 0 Å².